The molecular formula is C13H11NO2. The molecule has 16 heavy (non-hydrogen) atoms. The molecule has 3 nitrogen and oxygen atoms in total. The highest BCUT2D eigenvalue weighted by Gasteiger charge is 2.19. The summed E-state index contributed by atoms with van der Waals surface area (Å²) in [7, 11) is 0. The minimum Gasteiger partial charge on any atom is -0.380 e. The van der Waals surface area contributed by atoms with Crippen LogP contribution in [0.5, 0.6) is 0 Å². The van der Waals surface area contributed by atoms with Crippen molar-refractivity contribution < 1.29 is 9.90 Å². The van der Waals surface area contributed by atoms with E-state index in [0.717, 1.165) is 0 Å². The van der Waals surface area contributed by atoms with Gasteiger partial charge in [0.05, 0.1) is 0 Å². The first-order chi connectivity index (χ1) is 7.79. The zero-order chi connectivity index (χ0) is 11.4. The quantitative estimate of drug-likeness (QED) is 0.793. The molecule has 1 heterocycles. The van der Waals surface area contributed by atoms with Gasteiger partial charge in [-0.2, -0.15) is 0 Å². The van der Waals surface area contributed by atoms with Crippen molar-refractivity contribution in [2.45, 2.75) is 6.10 Å². The van der Waals surface area contributed by atoms with Crippen LogP contribution >= 0.6 is 0 Å². The Kier molecular flexibility index (Phi) is 3.08. The summed E-state index contributed by atoms with van der Waals surface area (Å²) < 4.78 is 0. The van der Waals surface area contributed by atoms with Crippen LogP contribution < -0.4 is 0 Å². The van der Waals surface area contributed by atoms with Gasteiger partial charge in [0.25, 0.3) is 0 Å². The number of carbonyl (C=O) groups excluding carboxylic acids is 1. The first kappa shape index (κ1) is 10.5. The van der Waals surface area contributed by atoms with Gasteiger partial charge in [0.2, 0.25) is 5.78 Å². The lowest BCUT2D eigenvalue weighted by Crippen LogP contribution is -2.13. The van der Waals surface area contributed by atoms with Crippen LogP contribution in [0.4, 0.5) is 0 Å². The Balaban J connectivity index is 2.24. The van der Waals surface area contributed by atoms with Crippen LogP contribution in [0, 0.1) is 0 Å². The maximum atomic E-state index is 11.8. The molecule has 0 aliphatic carbocycles. The molecule has 0 spiro atoms. The molecule has 1 aromatic heterocycles. The lowest BCUT2D eigenvalue weighted by Gasteiger charge is -2.08. The lowest BCUT2D eigenvalue weighted by molar-refractivity contribution is 0.0742. The lowest BCUT2D eigenvalue weighted by atomic mass is 10.0. The van der Waals surface area contributed by atoms with Gasteiger partial charge in [0.15, 0.2) is 0 Å². The van der Waals surface area contributed by atoms with E-state index in [1.165, 1.54) is 6.20 Å². The highest BCUT2D eigenvalue weighted by Crippen LogP contribution is 2.16. The predicted octanol–water partition coefficient (Wildman–Crippen LogP) is 2.00. The number of nitrogens with zero attached hydrogens (tertiary/aromatic N) is 1. The summed E-state index contributed by atoms with van der Waals surface area (Å²) in [5, 5.41) is 9.85. The van der Waals surface area contributed by atoms with Gasteiger partial charge in [-0.25, -0.2) is 0 Å². The Morgan fingerprint density at radius 2 is 1.75 bits per heavy atom. The maximum absolute atomic E-state index is 11.8. The molecule has 1 atom stereocenters. The van der Waals surface area contributed by atoms with E-state index in [1.54, 1.807) is 42.5 Å². The van der Waals surface area contributed by atoms with Crippen molar-refractivity contribution in [2.75, 3.05) is 0 Å². The van der Waals surface area contributed by atoms with E-state index in [0.29, 0.717) is 5.56 Å². The number of aliphatic hydroxyl groups is 1. The number of benzene rings is 1. The van der Waals surface area contributed by atoms with Gasteiger partial charge in [0.1, 0.15) is 11.8 Å². The van der Waals surface area contributed by atoms with E-state index < -0.39 is 6.10 Å². The van der Waals surface area contributed by atoms with E-state index in [-0.39, 0.29) is 11.5 Å². The summed E-state index contributed by atoms with van der Waals surface area (Å²) in [6, 6.07) is 13.9. The van der Waals surface area contributed by atoms with Crippen molar-refractivity contribution in [1.82, 2.24) is 4.98 Å². The van der Waals surface area contributed by atoms with Gasteiger partial charge in [0, 0.05) is 6.20 Å². The Bertz CT molecular complexity index is 468. The molecule has 0 saturated carbocycles. The fraction of sp³-hybridized carbons (Fsp3) is 0.0769. The highest BCUT2D eigenvalue weighted by atomic mass is 16.3. The number of carbonyl (C=O) groups is 1. The molecule has 0 radical (unpaired) electrons. The van der Waals surface area contributed by atoms with E-state index in [9.17, 15) is 9.90 Å². The fourth-order valence-corrected chi connectivity index (χ4v) is 1.44. The summed E-state index contributed by atoms with van der Waals surface area (Å²) in [6.45, 7) is 0. The predicted molar refractivity (Wildman–Crippen MR) is 60.0 cm³/mol. The van der Waals surface area contributed by atoms with Crippen LogP contribution in [0.2, 0.25) is 0 Å². The summed E-state index contributed by atoms with van der Waals surface area (Å²) in [4.78, 5) is 15.7. The van der Waals surface area contributed by atoms with Crippen LogP contribution in [-0.2, 0) is 0 Å². The second-order valence-electron chi connectivity index (χ2n) is 3.39. The second-order valence-corrected chi connectivity index (χ2v) is 3.39. The van der Waals surface area contributed by atoms with Gasteiger partial charge in [-0.1, -0.05) is 36.4 Å². The van der Waals surface area contributed by atoms with Crippen molar-refractivity contribution in [1.29, 1.82) is 0 Å². The van der Waals surface area contributed by atoms with Crippen LogP contribution in [0.3, 0.4) is 0 Å². The Labute approximate surface area is 93.4 Å². The molecule has 0 fully saturated rings. The normalized spacial score (nSPS) is 12.1. The van der Waals surface area contributed by atoms with Crippen molar-refractivity contribution >= 4 is 5.78 Å². The van der Waals surface area contributed by atoms with Crippen molar-refractivity contribution in [3.05, 3.63) is 66.0 Å². The third kappa shape index (κ3) is 2.15. The standard InChI is InChI=1S/C13H11NO2/c15-12(10-6-2-1-3-7-10)13(16)11-8-4-5-9-14-11/h1-9,12,15H. The zero-order valence-electron chi connectivity index (χ0n) is 8.58. The molecule has 2 rings (SSSR count). The van der Waals surface area contributed by atoms with E-state index in [1.807, 2.05) is 6.07 Å². The Morgan fingerprint density at radius 1 is 1.06 bits per heavy atom. The first-order valence-electron chi connectivity index (χ1n) is 4.97. The van der Waals surface area contributed by atoms with Gasteiger partial charge in [-0.3, -0.25) is 9.78 Å². The first-order valence-corrected chi connectivity index (χ1v) is 4.97. The second kappa shape index (κ2) is 4.68. The minimum absolute atomic E-state index is 0.277. The molecular weight excluding hydrogens is 202 g/mol. The molecule has 0 bridgehead atoms. The number of rotatable bonds is 3. The molecule has 0 saturated heterocycles. The third-order valence-corrected chi connectivity index (χ3v) is 2.28. The Hall–Kier alpha value is -2.00. The number of ketones is 1. The minimum atomic E-state index is -1.14. The topological polar surface area (TPSA) is 50.2 Å². The average molecular weight is 213 g/mol. The van der Waals surface area contributed by atoms with E-state index in [2.05, 4.69) is 4.98 Å². The molecule has 1 unspecified atom stereocenters. The van der Waals surface area contributed by atoms with Gasteiger partial charge < -0.3 is 5.11 Å². The van der Waals surface area contributed by atoms with Crippen LogP contribution in [-0.4, -0.2) is 15.9 Å². The molecule has 0 aliphatic rings. The largest absolute Gasteiger partial charge is 0.380 e. The monoisotopic (exact) mass is 213 g/mol. The smallest absolute Gasteiger partial charge is 0.214 e. The molecule has 1 N–H and O–H groups in total. The Morgan fingerprint density at radius 3 is 2.38 bits per heavy atom. The van der Waals surface area contributed by atoms with E-state index >= 15 is 0 Å². The maximum Gasteiger partial charge on any atom is 0.214 e. The molecule has 0 aliphatic heterocycles. The number of pyridine rings is 1. The van der Waals surface area contributed by atoms with Gasteiger partial charge in [-0.05, 0) is 17.7 Å². The molecule has 2 aromatic rings. The summed E-state index contributed by atoms with van der Waals surface area (Å²) in [5.74, 6) is -0.383. The van der Waals surface area contributed by atoms with Gasteiger partial charge >= 0.3 is 0 Å². The highest BCUT2D eigenvalue weighted by molar-refractivity contribution is 5.98. The number of hydrogen-bond donors (Lipinski definition) is 1. The van der Waals surface area contributed by atoms with E-state index in [4.69, 9.17) is 0 Å². The average Bonchev–Trinajstić information content (AvgIpc) is 2.39. The third-order valence-electron chi connectivity index (χ3n) is 2.28. The number of Topliss-reactive ketones (excluding diaryl/α,β-unsaturated/α-hetero) is 1. The molecule has 1 aromatic carbocycles. The zero-order valence-corrected chi connectivity index (χ0v) is 8.58. The number of aromatic nitrogens is 1. The van der Waals surface area contributed by atoms with Gasteiger partial charge in [-0.15, -0.1) is 0 Å². The van der Waals surface area contributed by atoms with Crippen molar-refractivity contribution in [2.24, 2.45) is 0 Å². The molecule has 80 valence electrons. The molecule has 0 amide bonds. The van der Waals surface area contributed by atoms with Crippen molar-refractivity contribution in [3.63, 3.8) is 0 Å². The number of hydrogen-bond acceptors (Lipinski definition) is 3. The fourth-order valence-electron chi connectivity index (χ4n) is 1.44. The SMILES string of the molecule is O=C(c1ccccn1)C(O)c1ccccc1. The summed E-state index contributed by atoms with van der Waals surface area (Å²) >= 11 is 0. The van der Waals surface area contributed by atoms with Crippen molar-refractivity contribution in [3.8, 4) is 0 Å². The summed E-state index contributed by atoms with van der Waals surface area (Å²) in [5.41, 5.74) is 0.858. The van der Waals surface area contributed by atoms with Crippen LogP contribution in [0.1, 0.15) is 22.2 Å². The molecule has 3 heteroatoms. The summed E-state index contributed by atoms with van der Waals surface area (Å²) in [6.07, 6.45) is 0.390. The van der Waals surface area contributed by atoms with Crippen LogP contribution in [0.25, 0.3) is 0 Å². The van der Waals surface area contributed by atoms with Crippen LogP contribution in [0.15, 0.2) is 54.7 Å². The number of aliphatic hydroxyl groups excluding tert-OH is 1.